The summed E-state index contributed by atoms with van der Waals surface area (Å²) in [5.41, 5.74) is -1.70. The maximum atomic E-state index is 13.3. The quantitative estimate of drug-likeness (QED) is 0.461. The lowest BCUT2D eigenvalue weighted by molar-refractivity contribution is -0.384. The molecule has 0 spiro atoms. The fraction of sp³-hybridized carbons (Fsp3) is 0.478. The van der Waals surface area contributed by atoms with Crippen LogP contribution in [0.3, 0.4) is 0 Å². The predicted molar refractivity (Wildman–Crippen MR) is 124 cm³/mol. The van der Waals surface area contributed by atoms with Crippen LogP contribution in [-0.2, 0) is 14.3 Å². The average Bonchev–Trinajstić information content (AvgIpc) is 3.09. The highest BCUT2D eigenvalue weighted by Gasteiger charge is 2.35. The van der Waals surface area contributed by atoms with Gasteiger partial charge in [0.15, 0.2) is 0 Å². The first-order valence-electron chi connectivity index (χ1n) is 10.9. The number of aromatic nitrogens is 1. The fourth-order valence-electron chi connectivity index (χ4n) is 3.49. The van der Waals surface area contributed by atoms with Crippen LogP contribution in [0, 0.1) is 10.1 Å². The molecular formula is C23H28N4O8. The largest absolute Gasteiger partial charge is 0.443 e. The van der Waals surface area contributed by atoms with Crippen molar-refractivity contribution in [3.8, 4) is 0 Å². The van der Waals surface area contributed by atoms with Crippen LogP contribution in [0.4, 0.5) is 15.3 Å². The number of nitro groups is 1. The molecule has 0 radical (unpaired) electrons. The molecule has 0 unspecified atom stereocenters. The van der Waals surface area contributed by atoms with Gasteiger partial charge in [-0.25, -0.2) is 14.5 Å². The zero-order valence-corrected chi connectivity index (χ0v) is 20.5. The third-order valence-corrected chi connectivity index (χ3v) is 4.94. The first-order valence-corrected chi connectivity index (χ1v) is 10.9. The summed E-state index contributed by atoms with van der Waals surface area (Å²) in [6, 6.07) is 3.78. The van der Waals surface area contributed by atoms with Crippen molar-refractivity contribution in [3.63, 3.8) is 0 Å². The van der Waals surface area contributed by atoms with Crippen LogP contribution in [0.1, 0.15) is 51.9 Å². The molecule has 3 rings (SSSR count). The number of benzene rings is 1. The second-order valence-corrected chi connectivity index (χ2v) is 10.1. The molecular weight excluding hydrogens is 460 g/mol. The number of nitro benzene ring substituents is 1. The van der Waals surface area contributed by atoms with Gasteiger partial charge in [-0.15, -0.1) is 0 Å². The summed E-state index contributed by atoms with van der Waals surface area (Å²) in [5.74, 6) is -1.17. The van der Waals surface area contributed by atoms with Gasteiger partial charge in [-0.3, -0.25) is 24.3 Å². The molecule has 0 atom stereocenters. The molecule has 0 bridgehead atoms. The number of non-ortho nitro benzene ring substituents is 1. The van der Waals surface area contributed by atoms with E-state index in [0.717, 1.165) is 9.47 Å². The van der Waals surface area contributed by atoms with Crippen LogP contribution in [0.2, 0.25) is 0 Å². The van der Waals surface area contributed by atoms with Crippen LogP contribution in [0.5, 0.6) is 0 Å². The van der Waals surface area contributed by atoms with Gasteiger partial charge in [0.05, 0.1) is 16.0 Å². The molecule has 188 valence electrons. The first-order chi connectivity index (χ1) is 16.1. The van der Waals surface area contributed by atoms with Gasteiger partial charge in [-0.1, -0.05) is 0 Å². The Hall–Kier alpha value is -3.96. The molecule has 1 saturated heterocycles. The van der Waals surface area contributed by atoms with Gasteiger partial charge in [0.2, 0.25) is 0 Å². The third kappa shape index (κ3) is 5.76. The van der Waals surface area contributed by atoms with Crippen molar-refractivity contribution < 1.29 is 33.6 Å². The lowest BCUT2D eigenvalue weighted by atomic mass is 10.1. The molecule has 2 heterocycles. The minimum absolute atomic E-state index is 0.0515. The molecule has 12 nitrogen and oxygen atoms in total. The van der Waals surface area contributed by atoms with Gasteiger partial charge in [0.1, 0.15) is 17.7 Å². The molecule has 1 fully saturated rings. The number of hydrogen-bond donors (Lipinski definition) is 0. The van der Waals surface area contributed by atoms with E-state index in [-0.39, 0.29) is 41.8 Å². The van der Waals surface area contributed by atoms with Crippen LogP contribution in [0.25, 0.3) is 10.9 Å². The summed E-state index contributed by atoms with van der Waals surface area (Å²) in [4.78, 5) is 63.9. The van der Waals surface area contributed by atoms with Crippen LogP contribution < -0.4 is 0 Å². The first kappa shape index (κ1) is 25.7. The topological polar surface area (TPSA) is 141 Å². The normalized spacial score (nSPS) is 14.7. The molecule has 0 N–H and O–H groups in total. The third-order valence-electron chi connectivity index (χ3n) is 4.94. The van der Waals surface area contributed by atoms with E-state index in [1.807, 2.05) is 0 Å². The van der Waals surface area contributed by atoms with Crippen molar-refractivity contribution in [3.05, 3.63) is 40.1 Å². The van der Waals surface area contributed by atoms with Crippen molar-refractivity contribution in [2.75, 3.05) is 19.6 Å². The maximum Gasteiger partial charge on any atom is 0.419 e. The van der Waals surface area contributed by atoms with Gasteiger partial charge in [0, 0.05) is 36.8 Å². The summed E-state index contributed by atoms with van der Waals surface area (Å²) in [7, 11) is 0. The number of amides is 3. The van der Waals surface area contributed by atoms with E-state index >= 15 is 0 Å². The summed E-state index contributed by atoms with van der Waals surface area (Å²) in [6.07, 6.45) is -0.355. The van der Waals surface area contributed by atoms with Gasteiger partial charge in [-0.2, -0.15) is 0 Å². The van der Waals surface area contributed by atoms with Crippen molar-refractivity contribution in [1.82, 2.24) is 14.4 Å². The lowest BCUT2D eigenvalue weighted by Crippen LogP contribution is -2.55. The molecule has 1 aliphatic heterocycles. The Labute approximate surface area is 201 Å². The molecule has 3 amide bonds. The summed E-state index contributed by atoms with van der Waals surface area (Å²) >= 11 is 0. The minimum atomic E-state index is -0.844. The average molecular weight is 488 g/mol. The summed E-state index contributed by atoms with van der Waals surface area (Å²) < 4.78 is 11.7. The number of hydrogen-bond acceptors (Lipinski definition) is 8. The highest BCUT2D eigenvalue weighted by atomic mass is 16.6. The number of carbonyl (C=O) groups is 4. The zero-order chi connectivity index (χ0) is 26.3. The van der Waals surface area contributed by atoms with E-state index in [1.165, 1.54) is 29.3 Å². The number of piperazine rings is 1. The van der Waals surface area contributed by atoms with Gasteiger partial charge in [-0.05, 0) is 47.6 Å². The van der Waals surface area contributed by atoms with Gasteiger partial charge >= 0.3 is 12.2 Å². The van der Waals surface area contributed by atoms with E-state index in [0.29, 0.717) is 0 Å². The molecule has 1 aliphatic rings. The molecule has 0 aliphatic carbocycles. The number of rotatable bonds is 2. The van der Waals surface area contributed by atoms with Gasteiger partial charge < -0.3 is 14.4 Å². The molecule has 1 aromatic carbocycles. The Bertz CT molecular complexity index is 1220. The highest BCUT2D eigenvalue weighted by molar-refractivity contribution is 6.10. The number of fused-ring (bicyclic) bond motifs is 1. The Morgan fingerprint density at radius 3 is 2.11 bits per heavy atom. The van der Waals surface area contributed by atoms with E-state index in [1.54, 1.807) is 41.5 Å². The van der Waals surface area contributed by atoms with Crippen LogP contribution in [-0.4, -0.2) is 74.1 Å². The molecule has 2 aromatic rings. The number of carbonyl (C=O) groups excluding carboxylic acids is 4. The van der Waals surface area contributed by atoms with E-state index in [4.69, 9.17) is 9.47 Å². The predicted octanol–water partition coefficient (Wildman–Crippen LogP) is 3.55. The Balaban J connectivity index is 1.92. The van der Waals surface area contributed by atoms with E-state index in [2.05, 4.69) is 0 Å². The zero-order valence-electron chi connectivity index (χ0n) is 20.5. The molecule has 35 heavy (non-hydrogen) atoms. The SMILES string of the molecule is CC(C)(C)OC(=O)N1CCN(C(=O)c2cn(C(=O)OC(C)(C)C)c3cc([N+](=O)[O-])ccc23)CC1=O. The maximum absolute atomic E-state index is 13.3. The smallest absolute Gasteiger partial charge is 0.419 e. The Kier molecular flexibility index (Phi) is 6.60. The molecule has 1 aromatic heterocycles. The minimum Gasteiger partial charge on any atom is -0.443 e. The summed E-state index contributed by atoms with van der Waals surface area (Å²) in [6.45, 7) is 9.66. The lowest BCUT2D eigenvalue weighted by Gasteiger charge is -2.34. The van der Waals surface area contributed by atoms with E-state index in [9.17, 15) is 29.3 Å². The van der Waals surface area contributed by atoms with Crippen molar-refractivity contribution in [1.29, 1.82) is 0 Å². The summed E-state index contributed by atoms with van der Waals surface area (Å²) in [5, 5.41) is 11.6. The van der Waals surface area contributed by atoms with Crippen LogP contribution in [0.15, 0.2) is 24.4 Å². The fourth-order valence-corrected chi connectivity index (χ4v) is 3.49. The second-order valence-electron chi connectivity index (χ2n) is 10.1. The number of ether oxygens (including phenoxy) is 2. The molecule has 0 saturated carbocycles. The molecule has 12 heteroatoms. The highest BCUT2D eigenvalue weighted by Crippen LogP contribution is 2.28. The number of nitrogens with zero attached hydrogens (tertiary/aromatic N) is 4. The van der Waals surface area contributed by atoms with Crippen molar-refractivity contribution in [2.45, 2.75) is 52.7 Å². The Morgan fingerprint density at radius 2 is 1.57 bits per heavy atom. The van der Waals surface area contributed by atoms with Crippen molar-refractivity contribution in [2.24, 2.45) is 0 Å². The number of imide groups is 1. The second kappa shape index (κ2) is 9.01. The monoisotopic (exact) mass is 488 g/mol. The van der Waals surface area contributed by atoms with Gasteiger partial charge in [0.25, 0.3) is 17.5 Å². The van der Waals surface area contributed by atoms with Crippen LogP contribution >= 0.6 is 0 Å². The standard InChI is InChI=1S/C23H28N4O8/c1-22(2,3)34-20(30)25-10-9-24(13-18(25)28)19(29)16-12-26(21(31)35-23(4,5)6)17-11-14(27(32)33)7-8-15(16)17/h7-8,11-12H,9-10,13H2,1-6H3. The van der Waals surface area contributed by atoms with Crippen molar-refractivity contribution >= 4 is 40.6 Å². The Morgan fingerprint density at radius 1 is 0.971 bits per heavy atom. The van der Waals surface area contributed by atoms with E-state index < -0.39 is 40.1 Å².